The first-order valence-corrected chi connectivity index (χ1v) is 6.24. The van der Waals surface area contributed by atoms with Gasteiger partial charge in [0.05, 0.1) is 19.3 Å². The van der Waals surface area contributed by atoms with Crippen molar-refractivity contribution in [3.63, 3.8) is 0 Å². The number of halogens is 1. The molecule has 0 spiro atoms. The van der Waals surface area contributed by atoms with Crippen LogP contribution in [0.4, 0.5) is 4.39 Å². The zero-order chi connectivity index (χ0) is 13.5. The van der Waals surface area contributed by atoms with Gasteiger partial charge in [0.15, 0.2) is 0 Å². The van der Waals surface area contributed by atoms with Gasteiger partial charge >= 0.3 is 0 Å². The van der Waals surface area contributed by atoms with Crippen LogP contribution in [0.5, 0.6) is 5.75 Å². The summed E-state index contributed by atoms with van der Waals surface area (Å²) in [6, 6.07) is 9.77. The van der Waals surface area contributed by atoms with E-state index in [-0.39, 0.29) is 0 Å². The van der Waals surface area contributed by atoms with E-state index >= 15 is 0 Å². The minimum absolute atomic E-state index is 0.304. The number of benzene rings is 1. The molecule has 4 nitrogen and oxygen atoms in total. The molecule has 1 N–H and O–H groups in total. The Morgan fingerprint density at radius 3 is 2.89 bits per heavy atom. The molecular weight excluding hydrogens is 245 g/mol. The average Bonchev–Trinajstić information content (AvgIpc) is 2.87. The average molecular weight is 263 g/mol. The fraction of sp³-hybridized carbons (Fsp3) is 0.357. The van der Waals surface area contributed by atoms with Crippen molar-refractivity contribution in [2.75, 3.05) is 13.8 Å². The number of aryl methyl sites for hydroxylation is 1. The zero-order valence-electron chi connectivity index (χ0n) is 11.0. The molecule has 102 valence electrons. The fourth-order valence-corrected chi connectivity index (χ4v) is 1.97. The summed E-state index contributed by atoms with van der Waals surface area (Å²) in [5.74, 6) is 0.868. The Balaban J connectivity index is 1.91. The minimum Gasteiger partial charge on any atom is -0.496 e. The molecule has 1 heterocycles. The van der Waals surface area contributed by atoms with Crippen molar-refractivity contribution in [2.45, 2.75) is 19.6 Å². The molecular formula is C14H18FN3O. The molecule has 0 amide bonds. The summed E-state index contributed by atoms with van der Waals surface area (Å²) in [6.07, 6.45) is 1.69. The topological polar surface area (TPSA) is 39.1 Å². The lowest BCUT2D eigenvalue weighted by molar-refractivity contribution is 0.405. The van der Waals surface area contributed by atoms with Gasteiger partial charge in [0.1, 0.15) is 12.4 Å². The molecule has 19 heavy (non-hydrogen) atoms. The van der Waals surface area contributed by atoms with Crippen molar-refractivity contribution in [3.8, 4) is 5.75 Å². The molecule has 0 aliphatic heterocycles. The van der Waals surface area contributed by atoms with Crippen LogP contribution >= 0.6 is 0 Å². The highest BCUT2D eigenvalue weighted by molar-refractivity contribution is 5.32. The highest BCUT2D eigenvalue weighted by Gasteiger charge is 2.04. The van der Waals surface area contributed by atoms with Crippen LogP contribution in [-0.2, 0) is 19.6 Å². The Morgan fingerprint density at radius 2 is 2.11 bits per heavy atom. The van der Waals surface area contributed by atoms with Crippen molar-refractivity contribution >= 4 is 0 Å². The largest absolute Gasteiger partial charge is 0.496 e. The maximum absolute atomic E-state index is 12.3. The highest BCUT2D eigenvalue weighted by atomic mass is 19.1. The predicted octanol–water partition coefficient (Wildman–Crippen LogP) is 2.15. The molecule has 0 aliphatic rings. The normalized spacial score (nSPS) is 10.6. The number of hydrogen-bond acceptors (Lipinski definition) is 3. The lowest BCUT2D eigenvalue weighted by Crippen LogP contribution is -2.17. The molecule has 0 unspecified atom stereocenters. The van der Waals surface area contributed by atoms with Gasteiger partial charge < -0.3 is 10.1 Å². The molecule has 0 radical (unpaired) electrons. The van der Waals surface area contributed by atoms with E-state index in [0.717, 1.165) is 17.0 Å². The molecule has 1 aromatic carbocycles. The van der Waals surface area contributed by atoms with Gasteiger partial charge in [0.25, 0.3) is 0 Å². The molecule has 0 saturated carbocycles. The number of nitrogens with one attached hydrogen (secondary N) is 1. The van der Waals surface area contributed by atoms with Crippen molar-refractivity contribution in [2.24, 2.45) is 0 Å². The SMILES string of the molecule is COc1ccccc1CNCc1ccnn1CCF. The molecule has 1 aromatic heterocycles. The lowest BCUT2D eigenvalue weighted by Gasteiger charge is -2.10. The smallest absolute Gasteiger partial charge is 0.123 e. The monoisotopic (exact) mass is 263 g/mol. The number of alkyl halides is 1. The Bertz CT molecular complexity index is 513. The molecule has 0 saturated heterocycles. The molecule has 0 bridgehead atoms. The summed E-state index contributed by atoms with van der Waals surface area (Å²) in [7, 11) is 1.66. The van der Waals surface area contributed by atoms with Crippen LogP contribution in [0.2, 0.25) is 0 Å². The number of hydrogen-bond donors (Lipinski definition) is 1. The third kappa shape index (κ3) is 3.54. The highest BCUT2D eigenvalue weighted by Crippen LogP contribution is 2.16. The summed E-state index contributed by atoms with van der Waals surface area (Å²) < 4.78 is 19.3. The van der Waals surface area contributed by atoms with Gasteiger partial charge in [-0.2, -0.15) is 5.10 Å². The quantitative estimate of drug-likeness (QED) is 0.832. The molecule has 5 heteroatoms. The second-order valence-corrected chi connectivity index (χ2v) is 4.15. The summed E-state index contributed by atoms with van der Waals surface area (Å²) in [6.45, 7) is 1.25. The van der Waals surface area contributed by atoms with Gasteiger partial charge in [-0.05, 0) is 12.1 Å². The molecule has 0 aliphatic carbocycles. The number of nitrogens with zero attached hydrogens (tertiary/aromatic N) is 2. The first-order valence-electron chi connectivity index (χ1n) is 6.24. The third-order valence-electron chi connectivity index (χ3n) is 2.91. The van der Waals surface area contributed by atoms with Gasteiger partial charge in [-0.3, -0.25) is 4.68 Å². The molecule has 0 atom stereocenters. The van der Waals surface area contributed by atoms with Crippen LogP contribution < -0.4 is 10.1 Å². The van der Waals surface area contributed by atoms with Crippen molar-refractivity contribution < 1.29 is 9.13 Å². The Morgan fingerprint density at radius 1 is 1.26 bits per heavy atom. The Kier molecular flexibility index (Phi) is 4.92. The predicted molar refractivity (Wildman–Crippen MR) is 71.7 cm³/mol. The third-order valence-corrected chi connectivity index (χ3v) is 2.91. The fourth-order valence-electron chi connectivity index (χ4n) is 1.97. The maximum Gasteiger partial charge on any atom is 0.123 e. The van der Waals surface area contributed by atoms with Crippen LogP contribution in [0.25, 0.3) is 0 Å². The van der Waals surface area contributed by atoms with E-state index in [1.807, 2.05) is 30.3 Å². The zero-order valence-corrected chi connectivity index (χ0v) is 11.0. The molecule has 2 aromatic rings. The Hall–Kier alpha value is -1.88. The molecule has 0 fully saturated rings. The summed E-state index contributed by atoms with van der Waals surface area (Å²) >= 11 is 0. The van der Waals surface area contributed by atoms with E-state index in [4.69, 9.17) is 4.74 Å². The van der Waals surface area contributed by atoms with E-state index in [2.05, 4.69) is 10.4 Å². The van der Waals surface area contributed by atoms with Crippen LogP contribution in [0.1, 0.15) is 11.3 Å². The van der Waals surface area contributed by atoms with E-state index in [9.17, 15) is 4.39 Å². The number of methoxy groups -OCH3 is 1. The number of ether oxygens (including phenoxy) is 1. The maximum atomic E-state index is 12.3. The van der Waals surface area contributed by atoms with Crippen molar-refractivity contribution in [1.82, 2.24) is 15.1 Å². The van der Waals surface area contributed by atoms with Gasteiger partial charge in [-0.25, -0.2) is 4.39 Å². The second-order valence-electron chi connectivity index (χ2n) is 4.15. The molecule has 2 rings (SSSR count). The van der Waals surface area contributed by atoms with Crippen LogP contribution in [0.15, 0.2) is 36.5 Å². The number of rotatable bonds is 7. The van der Waals surface area contributed by atoms with Crippen molar-refractivity contribution in [1.29, 1.82) is 0 Å². The summed E-state index contributed by atoms with van der Waals surface area (Å²) in [5.41, 5.74) is 2.08. The summed E-state index contributed by atoms with van der Waals surface area (Å²) in [4.78, 5) is 0. The van der Waals surface area contributed by atoms with Crippen LogP contribution in [0.3, 0.4) is 0 Å². The first-order chi connectivity index (χ1) is 9.35. The second kappa shape index (κ2) is 6.89. The van der Waals surface area contributed by atoms with Gasteiger partial charge in [-0.15, -0.1) is 0 Å². The van der Waals surface area contributed by atoms with Crippen molar-refractivity contribution in [3.05, 3.63) is 47.8 Å². The van der Waals surface area contributed by atoms with E-state index in [0.29, 0.717) is 19.6 Å². The first kappa shape index (κ1) is 13.5. The van der Waals surface area contributed by atoms with Gasteiger partial charge in [-0.1, -0.05) is 18.2 Å². The van der Waals surface area contributed by atoms with E-state index < -0.39 is 6.67 Å². The standard InChI is InChI=1S/C14H18FN3O/c1-19-14-5-3-2-4-12(14)10-16-11-13-6-8-17-18(13)9-7-15/h2-6,8,16H,7,9-11H2,1H3. The number of para-hydroxylation sites is 1. The lowest BCUT2D eigenvalue weighted by atomic mass is 10.2. The van der Waals surface area contributed by atoms with E-state index in [1.165, 1.54) is 0 Å². The summed E-state index contributed by atoms with van der Waals surface area (Å²) in [5, 5.41) is 7.39. The van der Waals surface area contributed by atoms with E-state index in [1.54, 1.807) is 18.0 Å². The van der Waals surface area contributed by atoms with Gasteiger partial charge in [0, 0.05) is 24.8 Å². The number of aromatic nitrogens is 2. The van der Waals surface area contributed by atoms with Crippen LogP contribution in [0, 0.1) is 0 Å². The minimum atomic E-state index is -0.402. The van der Waals surface area contributed by atoms with Gasteiger partial charge in [0.2, 0.25) is 0 Å². The Labute approximate surface area is 112 Å². The van der Waals surface area contributed by atoms with Crippen LogP contribution in [-0.4, -0.2) is 23.6 Å².